The minimum absolute atomic E-state index is 0.102. The topological polar surface area (TPSA) is 161 Å². The van der Waals surface area contributed by atoms with Gasteiger partial charge in [-0.15, -0.1) is 0 Å². The van der Waals surface area contributed by atoms with Crippen LogP contribution in [0.25, 0.3) is 0 Å². The second-order valence-electron chi connectivity index (χ2n) is 11.3. The fraction of sp³-hybridized carbons (Fsp3) is 0.577. The molecule has 12 nitrogen and oxygen atoms in total. The van der Waals surface area contributed by atoms with Crippen LogP contribution < -0.4 is 19.8 Å². The quantitative estimate of drug-likeness (QED) is 0.211. The number of halogens is 2. The third-order valence-corrected chi connectivity index (χ3v) is 11.1. The molecule has 5 rings (SSSR count). The summed E-state index contributed by atoms with van der Waals surface area (Å²) >= 11 is 0.438. The van der Waals surface area contributed by atoms with Gasteiger partial charge in [-0.2, -0.15) is 4.98 Å². The maximum absolute atomic E-state index is 13.7. The first-order chi connectivity index (χ1) is 20.4. The van der Waals surface area contributed by atoms with E-state index in [1.54, 1.807) is 24.0 Å². The minimum atomic E-state index is -4.12. The number of hydrogen-bond acceptors (Lipinski definition) is 11. The number of aromatic nitrogens is 2. The molecular formula is C26H34BF2N7O5S2. The largest absolute Gasteiger partial charge is 0.340 e. The number of anilines is 4. The van der Waals surface area contributed by atoms with Gasteiger partial charge in [0.05, 0.1) is 0 Å². The minimum Gasteiger partial charge on any atom is -0.340 e. The molecule has 1 aromatic heterocycles. The fourth-order valence-corrected chi connectivity index (χ4v) is 7.14. The van der Waals surface area contributed by atoms with Crippen LogP contribution in [0.3, 0.4) is 0 Å². The molecule has 232 valence electrons. The van der Waals surface area contributed by atoms with Gasteiger partial charge in [0.25, 0.3) is 5.92 Å². The number of hydrogen-bond donors (Lipinski definition) is 4. The average Bonchev–Trinajstić information content (AvgIpc) is 3.71. The number of rotatable bonds is 11. The number of nitrogens with zero attached hydrogens (tertiary/aromatic N) is 4. The standard InChI is InChI=1S/C26H34BF2N7O5S2/c1-17-14-21(33-24(31-17)36-12-8-26(28,29)9-13-36)32-23(38)19-3-2-18(34-43(39,40)22(16-37)42-41-27-30)15-20(19)35-10-6-25(4-5-25)7-11-35/h2-3,14-15,22,30,34,37H,4-13,16H2,1H3,(H,31,32,33,38). The molecule has 2 aromatic rings. The summed E-state index contributed by atoms with van der Waals surface area (Å²) in [6.45, 7) is 2.61. The van der Waals surface area contributed by atoms with Crippen molar-refractivity contribution in [2.45, 2.75) is 56.0 Å². The van der Waals surface area contributed by atoms with Crippen molar-refractivity contribution < 1.29 is 31.2 Å². The van der Waals surface area contributed by atoms with Gasteiger partial charge >= 0.3 is 161 Å². The van der Waals surface area contributed by atoms with E-state index in [0.29, 0.717) is 54.8 Å². The average molecular weight is 638 g/mol. The van der Waals surface area contributed by atoms with E-state index in [1.165, 1.54) is 25.0 Å². The van der Waals surface area contributed by atoms with Crippen molar-refractivity contribution in [3.63, 3.8) is 0 Å². The number of aryl methyl sites for hydroxylation is 1. The molecule has 1 aromatic carbocycles. The van der Waals surface area contributed by atoms with E-state index in [1.807, 2.05) is 0 Å². The van der Waals surface area contributed by atoms with Crippen molar-refractivity contribution in [3.8, 4) is 0 Å². The van der Waals surface area contributed by atoms with Gasteiger partial charge < -0.3 is 4.90 Å². The summed E-state index contributed by atoms with van der Waals surface area (Å²) in [6.07, 6.45) is 3.73. The molecule has 3 aliphatic rings. The van der Waals surface area contributed by atoms with Gasteiger partial charge in [-0.1, -0.05) is 0 Å². The number of aliphatic hydroxyl groups excluding tert-OH is 1. The molecule has 1 unspecified atom stereocenters. The molecule has 1 saturated carbocycles. The molecule has 2 aliphatic heterocycles. The third kappa shape index (κ3) is 7.55. The second kappa shape index (κ2) is 12.5. The fourth-order valence-electron chi connectivity index (χ4n) is 5.42. The predicted molar refractivity (Wildman–Crippen MR) is 161 cm³/mol. The Morgan fingerprint density at radius 2 is 1.79 bits per heavy atom. The van der Waals surface area contributed by atoms with Crippen molar-refractivity contribution in [2.75, 3.05) is 52.6 Å². The van der Waals surface area contributed by atoms with E-state index in [0.717, 1.165) is 12.8 Å². The first-order valence-corrected chi connectivity index (χ1v) is 16.4. The van der Waals surface area contributed by atoms with Crippen LogP contribution in [0.5, 0.6) is 0 Å². The van der Waals surface area contributed by atoms with Crippen LogP contribution in [-0.2, 0) is 14.1 Å². The molecule has 2 saturated heterocycles. The summed E-state index contributed by atoms with van der Waals surface area (Å²) in [6, 6.07) is 6.19. The van der Waals surface area contributed by atoms with Crippen LogP contribution in [0.1, 0.15) is 54.6 Å². The molecule has 1 spiro atoms. The Balaban J connectivity index is 1.39. The second-order valence-corrected chi connectivity index (χ2v) is 14.4. The van der Waals surface area contributed by atoms with Gasteiger partial charge in [-0.25, -0.2) is 13.8 Å². The van der Waals surface area contributed by atoms with Crippen LogP contribution in [0, 0.1) is 17.7 Å². The molecule has 17 heteroatoms. The number of alkyl halides is 2. The molecule has 0 radical (unpaired) electrons. The van der Waals surface area contributed by atoms with Crippen molar-refractivity contribution in [1.29, 1.82) is 5.31 Å². The molecule has 0 bridgehead atoms. The Morgan fingerprint density at radius 3 is 2.42 bits per heavy atom. The number of piperidine rings is 2. The maximum Gasteiger partial charge on any atom is 0.251 e. The van der Waals surface area contributed by atoms with Crippen LogP contribution >= 0.6 is 12.0 Å². The van der Waals surface area contributed by atoms with E-state index in [-0.39, 0.29) is 43.4 Å². The molecule has 3 heterocycles. The molecule has 1 amide bonds. The van der Waals surface area contributed by atoms with Gasteiger partial charge in [0.1, 0.15) is 0 Å². The number of carbonyl (C=O) groups is 1. The number of benzene rings is 1. The monoisotopic (exact) mass is 637 g/mol. The van der Waals surface area contributed by atoms with Gasteiger partial charge in [-0.05, 0) is 19.8 Å². The Morgan fingerprint density at radius 1 is 1.12 bits per heavy atom. The molecule has 43 heavy (non-hydrogen) atoms. The first kappa shape index (κ1) is 31.4. The zero-order chi connectivity index (χ0) is 30.8. The zero-order valence-electron chi connectivity index (χ0n) is 23.7. The Labute approximate surface area is 254 Å². The number of sulfonamides is 1. The van der Waals surface area contributed by atoms with E-state index in [4.69, 9.17) is 9.41 Å². The van der Waals surface area contributed by atoms with Crippen molar-refractivity contribution >= 4 is 58.4 Å². The molecule has 4 N–H and O–H groups in total. The van der Waals surface area contributed by atoms with Gasteiger partial charge in [-0.3, -0.25) is 0 Å². The number of nitrogens with one attached hydrogen (secondary N) is 3. The van der Waals surface area contributed by atoms with Crippen molar-refractivity contribution in [3.05, 3.63) is 35.5 Å². The Hall–Kier alpha value is -3.05. The number of aliphatic hydroxyl groups is 1. The van der Waals surface area contributed by atoms with E-state index >= 15 is 0 Å². The molecule has 1 aliphatic carbocycles. The van der Waals surface area contributed by atoms with E-state index in [9.17, 15) is 27.1 Å². The third-order valence-electron chi connectivity index (χ3n) is 8.19. The normalized spacial score (nSPS) is 19.8. The number of amides is 1. The van der Waals surface area contributed by atoms with Crippen molar-refractivity contribution in [1.82, 2.24) is 9.97 Å². The van der Waals surface area contributed by atoms with Crippen LogP contribution in [0.15, 0.2) is 24.3 Å². The van der Waals surface area contributed by atoms with Crippen LogP contribution in [-0.4, -0.2) is 80.0 Å². The predicted octanol–water partition coefficient (Wildman–Crippen LogP) is 3.76. The Bertz CT molecular complexity index is 1460. The first-order valence-electron chi connectivity index (χ1n) is 14.0. The van der Waals surface area contributed by atoms with E-state index in [2.05, 4.69) is 24.9 Å². The van der Waals surface area contributed by atoms with E-state index < -0.39 is 33.0 Å². The summed E-state index contributed by atoms with van der Waals surface area (Å²) in [5, 5.41) is 19.4. The zero-order valence-corrected chi connectivity index (χ0v) is 25.3. The summed E-state index contributed by atoms with van der Waals surface area (Å²) in [4.78, 5) is 26.2. The maximum atomic E-state index is 13.7. The van der Waals surface area contributed by atoms with Crippen molar-refractivity contribution in [2.24, 2.45) is 5.41 Å². The Kier molecular flexibility index (Phi) is 9.14. The summed E-state index contributed by atoms with van der Waals surface area (Å²) < 4.78 is 59.0. The smallest absolute Gasteiger partial charge is 0.251 e. The summed E-state index contributed by atoms with van der Waals surface area (Å²) in [5.41, 5.74) is 1.99. The van der Waals surface area contributed by atoms with Gasteiger partial charge in [0.15, 0.2) is 0 Å². The summed E-state index contributed by atoms with van der Waals surface area (Å²) in [7, 11) is -3.54. The molecule has 1 atom stereocenters. The van der Waals surface area contributed by atoms with Gasteiger partial charge in [0, 0.05) is 37.7 Å². The van der Waals surface area contributed by atoms with Crippen LogP contribution in [0.2, 0.25) is 0 Å². The molecular weight excluding hydrogens is 603 g/mol. The molecule has 3 fully saturated rings. The SMILES string of the molecule is Cc1cc(NC(=O)c2ccc(NS(=O)(=O)C(CO)SOB=N)cc2N2CCC3(CC2)CC3)nc(N2CCC(F)(F)CC2)n1. The number of carbonyl (C=O) groups excluding carboxylic acids is 1. The van der Waals surface area contributed by atoms with Crippen LogP contribution in [0.4, 0.5) is 31.9 Å². The van der Waals surface area contributed by atoms with Gasteiger partial charge in [0.2, 0.25) is 5.95 Å². The summed E-state index contributed by atoms with van der Waals surface area (Å²) in [5.74, 6) is -2.68.